The van der Waals surface area contributed by atoms with Crippen molar-refractivity contribution >= 4 is 22.6 Å². The minimum absolute atomic E-state index is 0.0375. The molecule has 1 N–H and O–H groups in total. The van der Waals surface area contributed by atoms with Gasteiger partial charge in [-0.15, -0.1) is 5.10 Å². The zero-order valence-electron chi connectivity index (χ0n) is 20.3. The summed E-state index contributed by atoms with van der Waals surface area (Å²) in [7, 11) is 0. The average molecular weight is 459 g/mol. The molecule has 178 valence electrons. The first-order valence-corrected chi connectivity index (χ1v) is 12.6. The molecular formula is C27H34N6O. The first-order valence-electron chi connectivity index (χ1n) is 12.6. The highest BCUT2D eigenvalue weighted by atomic mass is 16.1. The summed E-state index contributed by atoms with van der Waals surface area (Å²) in [6, 6.07) is 10.2. The number of nitrogens with zero attached hydrogens (tertiary/aromatic N) is 5. The first-order chi connectivity index (χ1) is 16.6. The van der Waals surface area contributed by atoms with Crippen LogP contribution in [0, 0.1) is 19.8 Å². The van der Waals surface area contributed by atoms with Crippen molar-refractivity contribution in [2.45, 2.75) is 58.8 Å². The minimum atomic E-state index is -0.0375. The predicted molar refractivity (Wildman–Crippen MR) is 135 cm³/mol. The Morgan fingerprint density at radius 1 is 1.12 bits per heavy atom. The molecule has 3 aromatic rings. The molecule has 0 radical (unpaired) electrons. The minimum Gasteiger partial charge on any atom is -0.355 e. The lowest BCUT2D eigenvalue weighted by molar-refractivity contribution is -0.125. The van der Waals surface area contributed by atoms with Crippen molar-refractivity contribution < 1.29 is 4.79 Å². The summed E-state index contributed by atoms with van der Waals surface area (Å²) in [4.78, 5) is 15.2. The van der Waals surface area contributed by atoms with Crippen LogP contribution in [0.4, 0.5) is 5.82 Å². The van der Waals surface area contributed by atoms with Crippen LogP contribution in [0.15, 0.2) is 42.0 Å². The zero-order chi connectivity index (χ0) is 23.5. The number of para-hydroxylation sites is 1. The lowest BCUT2D eigenvalue weighted by Gasteiger charge is -2.32. The topological polar surface area (TPSA) is 75.9 Å². The number of allylic oxidation sites excluding steroid dienone is 1. The molecule has 1 aliphatic carbocycles. The number of carbonyl (C=O) groups excluding carboxylic acids is 1. The van der Waals surface area contributed by atoms with E-state index in [9.17, 15) is 4.79 Å². The van der Waals surface area contributed by atoms with E-state index in [1.54, 1.807) is 0 Å². The third kappa shape index (κ3) is 4.56. The lowest BCUT2D eigenvalue weighted by atomic mass is 9.96. The van der Waals surface area contributed by atoms with E-state index in [2.05, 4.69) is 45.5 Å². The highest BCUT2D eigenvalue weighted by Crippen LogP contribution is 2.31. The summed E-state index contributed by atoms with van der Waals surface area (Å²) >= 11 is 0. The monoisotopic (exact) mass is 458 g/mol. The van der Waals surface area contributed by atoms with Crippen LogP contribution in [0.3, 0.4) is 0 Å². The van der Waals surface area contributed by atoms with E-state index in [1.807, 2.05) is 29.8 Å². The maximum absolute atomic E-state index is 13.0. The second-order valence-corrected chi connectivity index (χ2v) is 9.60. The summed E-state index contributed by atoms with van der Waals surface area (Å²) in [5.74, 6) is 0.899. The van der Waals surface area contributed by atoms with Crippen molar-refractivity contribution in [1.29, 1.82) is 0 Å². The van der Waals surface area contributed by atoms with Crippen molar-refractivity contribution in [2.75, 3.05) is 24.5 Å². The van der Waals surface area contributed by atoms with Crippen LogP contribution in [0.25, 0.3) is 16.6 Å². The Hall–Kier alpha value is -3.22. The van der Waals surface area contributed by atoms with E-state index >= 15 is 0 Å². The number of rotatable bonds is 6. The molecule has 2 aromatic heterocycles. The molecule has 1 amide bonds. The number of benzene rings is 1. The molecule has 1 unspecified atom stereocenters. The third-order valence-corrected chi connectivity index (χ3v) is 7.21. The van der Waals surface area contributed by atoms with Gasteiger partial charge in [0.2, 0.25) is 5.91 Å². The van der Waals surface area contributed by atoms with E-state index in [0.717, 1.165) is 66.1 Å². The summed E-state index contributed by atoms with van der Waals surface area (Å²) in [5, 5.41) is 18.2. The fraction of sp³-hybridized carbons (Fsp3) is 0.481. The van der Waals surface area contributed by atoms with E-state index in [4.69, 9.17) is 5.10 Å². The molecule has 34 heavy (non-hydrogen) atoms. The van der Waals surface area contributed by atoms with Gasteiger partial charge in [-0.25, -0.2) is 4.68 Å². The molecule has 1 saturated heterocycles. The molecule has 0 bridgehead atoms. The summed E-state index contributed by atoms with van der Waals surface area (Å²) in [6.07, 6.45) is 10.1. The van der Waals surface area contributed by atoms with Crippen LogP contribution in [-0.4, -0.2) is 45.5 Å². The fourth-order valence-corrected chi connectivity index (χ4v) is 5.35. The van der Waals surface area contributed by atoms with Gasteiger partial charge in [-0.05, 0) is 70.9 Å². The summed E-state index contributed by atoms with van der Waals surface area (Å²) in [5.41, 5.74) is 5.31. The molecule has 3 heterocycles. The number of nitrogens with one attached hydrogen (secondary N) is 1. The van der Waals surface area contributed by atoms with Crippen molar-refractivity contribution in [3.8, 4) is 5.69 Å². The number of amides is 1. The molecule has 5 rings (SSSR count). The summed E-state index contributed by atoms with van der Waals surface area (Å²) in [6.45, 7) is 6.31. The maximum Gasteiger partial charge on any atom is 0.224 e. The molecular weight excluding hydrogens is 424 g/mol. The molecule has 7 heteroatoms. The van der Waals surface area contributed by atoms with E-state index in [-0.39, 0.29) is 11.8 Å². The number of piperidine rings is 1. The van der Waals surface area contributed by atoms with Gasteiger partial charge in [0.05, 0.1) is 28.4 Å². The molecule has 7 nitrogen and oxygen atoms in total. The van der Waals surface area contributed by atoms with Gasteiger partial charge in [-0.2, -0.15) is 10.2 Å². The Morgan fingerprint density at radius 2 is 1.97 bits per heavy atom. The van der Waals surface area contributed by atoms with Crippen LogP contribution in [0.2, 0.25) is 0 Å². The van der Waals surface area contributed by atoms with E-state index in [1.165, 1.54) is 31.3 Å². The Bertz CT molecular complexity index is 1200. The molecule has 1 atom stereocenters. The highest BCUT2D eigenvalue weighted by Gasteiger charge is 2.29. The van der Waals surface area contributed by atoms with Gasteiger partial charge in [0.15, 0.2) is 5.82 Å². The van der Waals surface area contributed by atoms with Crippen LogP contribution < -0.4 is 10.2 Å². The lowest BCUT2D eigenvalue weighted by Crippen LogP contribution is -2.43. The Labute approximate surface area is 201 Å². The third-order valence-electron chi connectivity index (χ3n) is 7.21. The molecule has 0 saturated carbocycles. The van der Waals surface area contributed by atoms with Crippen LogP contribution in [-0.2, 0) is 4.79 Å². The van der Waals surface area contributed by atoms with Gasteiger partial charge in [0.25, 0.3) is 0 Å². The predicted octanol–water partition coefficient (Wildman–Crippen LogP) is 4.66. The fourth-order valence-electron chi connectivity index (χ4n) is 5.35. The normalized spacial score (nSPS) is 18.7. The van der Waals surface area contributed by atoms with E-state index < -0.39 is 0 Å². The van der Waals surface area contributed by atoms with Crippen molar-refractivity contribution in [2.24, 2.45) is 5.92 Å². The van der Waals surface area contributed by atoms with Crippen LogP contribution in [0.1, 0.15) is 56.3 Å². The number of hydrogen-bond donors (Lipinski definition) is 1. The number of aromatic nitrogens is 4. The zero-order valence-corrected chi connectivity index (χ0v) is 20.3. The number of fused-ring (bicyclic) bond motifs is 1. The van der Waals surface area contributed by atoms with E-state index in [0.29, 0.717) is 6.54 Å². The maximum atomic E-state index is 13.0. The first kappa shape index (κ1) is 22.6. The van der Waals surface area contributed by atoms with Gasteiger partial charge in [-0.1, -0.05) is 29.8 Å². The van der Waals surface area contributed by atoms with Crippen LogP contribution in [0.5, 0.6) is 0 Å². The quantitative estimate of drug-likeness (QED) is 0.544. The second-order valence-electron chi connectivity index (χ2n) is 9.60. The summed E-state index contributed by atoms with van der Waals surface area (Å²) < 4.78 is 1.97. The standard InChI is InChI=1S/C27H34N6O/c1-19-24-20(2)33(23-13-7-4-8-14-23)31-25(24)26(30-29-19)32-17-9-12-22(18-32)27(34)28-16-15-21-10-5-3-6-11-21/h4,7-8,10,13-14,22H,3,5-6,9,11-12,15-18H2,1-2H3,(H,28,34). The second kappa shape index (κ2) is 9.95. The van der Waals surface area contributed by atoms with Gasteiger partial charge >= 0.3 is 0 Å². The molecule has 1 fully saturated rings. The Balaban J connectivity index is 1.33. The number of hydrogen-bond acceptors (Lipinski definition) is 5. The number of anilines is 1. The molecule has 2 aliphatic rings. The smallest absolute Gasteiger partial charge is 0.224 e. The molecule has 1 aliphatic heterocycles. The van der Waals surface area contributed by atoms with Gasteiger partial charge in [0, 0.05) is 19.6 Å². The Kier molecular flexibility index (Phi) is 6.61. The van der Waals surface area contributed by atoms with Gasteiger partial charge in [0.1, 0.15) is 5.52 Å². The van der Waals surface area contributed by atoms with Gasteiger partial charge in [-0.3, -0.25) is 4.79 Å². The number of aryl methyl sites for hydroxylation is 2. The number of carbonyl (C=O) groups is 1. The Morgan fingerprint density at radius 3 is 2.76 bits per heavy atom. The molecule has 0 spiro atoms. The van der Waals surface area contributed by atoms with Gasteiger partial charge < -0.3 is 10.2 Å². The molecule has 1 aromatic carbocycles. The van der Waals surface area contributed by atoms with Crippen LogP contribution >= 0.6 is 0 Å². The average Bonchev–Trinajstić information content (AvgIpc) is 3.23. The van der Waals surface area contributed by atoms with Crippen molar-refractivity contribution in [3.05, 3.63) is 53.4 Å². The largest absolute Gasteiger partial charge is 0.355 e. The highest BCUT2D eigenvalue weighted by molar-refractivity contribution is 5.92. The SMILES string of the molecule is Cc1nnc(N2CCCC(C(=O)NCCC3=CCCCC3)C2)c2nn(-c3ccccc3)c(C)c12. The van der Waals surface area contributed by atoms with Crippen molar-refractivity contribution in [3.63, 3.8) is 0 Å². The van der Waals surface area contributed by atoms with Crippen molar-refractivity contribution in [1.82, 2.24) is 25.3 Å².